The van der Waals surface area contributed by atoms with Crippen molar-refractivity contribution in [2.45, 2.75) is 27.2 Å². The molecule has 0 aliphatic carbocycles. The first-order chi connectivity index (χ1) is 18.3. The standard InChI is InChI=1S/C31H29N7/c1-19(14-31(2,3)4)35-22-11-21(15-32-16-22)20-8-9-27-24(12-20)30(38-37-27)28-13-23-25(17-33-18-29(23)36-28)26-7-5-6-10-34-26/h5-13,15-18,35-36H,1,14H2,2-4H3,(H,37,38). The fourth-order valence-corrected chi connectivity index (χ4v) is 4.86. The molecule has 5 aromatic heterocycles. The van der Waals surface area contributed by atoms with E-state index in [0.29, 0.717) is 0 Å². The maximum Gasteiger partial charge on any atom is 0.116 e. The van der Waals surface area contributed by atoms with Crippen molar-refractivity contribution in [1.29, 1.82) is 0 Å². The van der Waals surface area contributed by atoms with Crippen molar-refractivity contribution >= 4 is 27.5 Å². The molecule has 0 fully saturated rings. The number of nitrogens with one attached hydrogen (secondary N) is 3. The van der Waals surface area contributed by atoms with Crippen LogP contribution in [0.25, 0.3) is 55.6 Å². The lowest BCUT2D eigenvalue weighted by Crippen LogP contribution is -2.10. The molecule has 188 valence electrons. The van der Waals surface area contributed by atoms with Crippen LogP contribution < -0.4 is 5.32 Å². The van der Waals surface area contributed by atoms with Crippen LogP contribution in [0.4, 0.5) is 5.69 Å². The lowest BCUT2D eigenvalue weighted by molar-refractivity contribution is 0.411. The maximum atomic E-state index is 4.66. The molecule has 3 N–H and O–H groups in total. The molecule has 0 bridgehead atoms. The van der Waals surface area contributed by atoms with Gasteiger partial charge in [0.2, 0.25) is 0 Å². The first-order valence-electron chi connectivity index (χ1n) is 12.6. The zero-order valence-corrected chi connectivity index (χ0v) is 21.7. The summed E-state index contributed by atoms with van der Waals surface area (Å²) in [6.45, 7) is 10.8. The minimum Gasteiger partial charge on any atom is -0.358 e. The SMILES string of the molecule is C=C(CC(C)(C)C)Nc1cncc(-c2ccc3[nH]nc(-c4cc5c(-c6ccccn6)cncc5[nH]4)c3c2)c1. The van der Waals surface area contributed by atoms with E-state index < -0.39 is 0 Å². The van der Waals surface area contributed by atoms with E-state index >= 15 is 0 Å². The lowest BCUT2D eigenvalue weighted by atomic mass is 9.91. The quantitative estimate of drug-likeness (QED) is 0.219. The minimum atomic E-state index is 0.162. The molecule has 7 heteroatoms. The number of nitrogens with zero attached hydrogens (tertiary/aromatic N) is 4. The molecule has 0 aliphatic heterocycles. The Balaban J connectivity index is 1.36. The Morgan fingerprint density at radius 1 is 0.895 bits per heavy atom. The third-order valence-corrected chi connectivity index (χ3v) is 6.44. The van der Waals surface area contributed by atoms with Crippen LogP contribution in [-0.4, -0.2) is 30.1 Å². The number of benzene rings is 1. The highest BCUT2D eigenvalue weighted by Gasteiger charge is 2.16. The second kappa shape index (κ2) is 9.27. The normalized spacial score (nSPS) is 11.8. The Labute approximate surface area is 221 Å². The molecule has 6 rings (SSSR count). The van der Waals surface area contributed by atoms with Gasteiger partial charge in [-0.15, -0.1) is 0 Å². The first kappa shape index (κ1) is 23.6. The number of anilines is 1. The molecule has 0 radical (unpaired) electrons. The zero-order chi connectivity index (χ0) is 26.3. The van der Waals surface area contributed by atoms with Crippen LogP contribution in [-0.2, 0) is 0 Å². The average molecular weight is 500 g/mol. The Morgan fingerprint density at radius 3 is 2.58 bits per heavy atom. The molecule has 0 unspecified atom stereocenters. The third-order valence-electron chi connectivity index (χ3n) is 6.44. The molecule has 1 aromatic carbocycles. The van der Waals surface area contributed by atoms with Crippen LogP contribution in [0.15, 0.2) is 91.8 Å². The third kappa shape index (κ3) is 4.66. The summed E-state index contributed by atoms with van der Waals surface area (Å²) >= 11 is 0. The Morgan fingerprint density at radius 2 is 1.76 bits per heavy atom. The molecule has 7 nitrogen and oxygen atoms in total. The summed E-state index contributed by atoms with van der Waals surface area (Å²) in [6.07, 6.45) is 10.1. The van der Waals surface area contributed by atoms with Gasteiger partial charge in [0, 0.05) is 46.2 Å². The summed E-state index contributed by atoms with van der Waals surface area (Å²) in [5.74, 6) is 0. The minimum absolute atomic E-state index is 0.162. The van der Waals surface area contributed by atoms with Gasteiger partial charge in [-0.05, 0) is 53.8 Å². The molecule has 6 aromatic rings. The van der Waals surface area contributed by atoms with Gasteiger partial charge < -0.3 is 10.3 Å². The summed E-state index contributed by atoms with van der Waals surface area (Å²) in [5.41, 5.74) is 9.68. The Hall–Kier alpha value is -4.78. The van der Waals surface area contributed by atoms with Gasteiger partial charge in [0.1, 0.15) is 5.69 Å². The maximum absolute atomic E-state index is 4.66. The van der Waals surface area contributed by atoms with Crippen molar-refractivity contribution in [3.63, 3.8) is 0 Å². The number of aromatic amines is 2. The number of fused-ring (bicyclic) bond motifs is 2. The van der Waals surface area contributed by atoms with E-state index in [4.69, 9.17) is 0 Å². The van der Waals surface area contributed by atoms with Gasteiger partial charge in [0.25, 0.3) is 0 Å². The largest absolute Gasteiger partial charge is 0.358 e. The van der Waals surface area contributed by atoms with E-state index in [1.165, 1.54) is 0 Å². The topological polar surface area (TPSA) is 95.2 Å². The molecule has 38 heavy (non-hydrogen) atoms. The van der Waals surface area contributed by atoms with Crippen LogP contribution in [0.5, 0.6) is 0 Å². The molecule has 0 aliphatic rings. The van der Waals surface area contributed by atoms with E-state index in [2.05, 4.69) is 93.1 Å². The first-order valence-corrected chi connectivity index (χ1v) is 12.6. The smallest absolute Gasteiger partial charge is 0.116 e. The highest BCUT2D eigenvalue weighted by molar-refractivity contribution is 6.01. The van der Waals surface area contributed by atoms with E-state index in [9.17, 15) is 0 Å². The summed E-state index contributed by atoms with van der Waals surface area (Å²) in [4.78, 5) is 16.9. The van der Waals surface area contributed by atoms with Gasteiger partial charge in [0.05, 0.1) is 40.5 Å². The van der Waals surface area contributed by atoms with Crippen LogP contribution in [0.1, 0.15) is 27.2 Å². The molecule has 5 heterocycles. The number of rotatable bonds is 6. The number of hydrogen-bond acceptors (Lipinski definition) is 5. The molecular weight excluding hydrogens is 470 g/mol. The van der Waals surface area contributed by atoms with Crippen LogP contribution in [0.2, 0.25) is 0 Å². The number of pyridine rings is 3. The molecule has 0 spiro atoms. The Bertz CT molecular complexity index is 1770. The van der Waals surface area contributed by atoms with Gasteiger partial charge >= 0.3 is 0 Å². The van der Waals surface area contributed by atoms with Crippen molar-refractivity contribution in [2.75, 3.05) is 5.32 Å². The van der Waals surface area contributed by atoms with Crippen molar-refractivity contribution < 1.29 is 0 Å². The number of hydrogen-bond donors (Lipinski definition) is 3. The van der Waals surface area contributed by atoms with Crippen LogP contribution >= 0.6 is 0 Å². The van der Waals surface area contributed by atoms with Crippen molar-refractivity contribution in [1.82, 2.24) is 30.1 Å². The molecule has 0 saturated carbocycles. The van der Waals surface area contributed by atoms with Crippen molar-refractivity contribution in [3.05, 3.63) is 91.8 Å². The van der Waals surface area contributed by atoms with E-state index in [-0.39, 0.29) is 5.41 Å². The van der Waals surface area contributed by atoms with Gasteiger partial charge in [-0.25, -0.2) is 0 Å². The summed E-state index contributed by atoms with van der Waals surface area (Å²) in [7, 11) is 0. The van der Waals surface area contributed by atoms with Gasteiger partial charge in [0.15, 0.2) is 0 Å². The summed E-state index contributed by atoms with van der Waals surface area (Å²) in [5, 5.41) is 13.3. The fraction of sp³-hybridized carbons (Fsp3) is 0.161. The van der Waals surface area contributed by atoms with Crippen molar-refractivity contribution in [3.8, 4) is 33.8 Å². The molecule has 0 amide bonds. The highest BCUT2D eigenvalue weighted by Crippen LogP contribution is 2.35. The van der Waals surface area contributed by atoms with Gasteiger partial charge in [-0.3, -0.25) is 20.1 Å². The Kier molecular flexibility index (Phi) is 5.76. The second-order valence-corrected chi connectivity index (χ2v) is 10.8. The van der Waals surface area contributed by atoms with Gasteiger partial charge in [-0.2, -0.15) is 5.10 Å². The van der Waals surface area contributed by atoms with E-state index in [1.807, 2.05) is 43.0 Å². The molecule has 0 saturated heterocycles. The second-order valence-electron chi connectivity index (χ2n) is 10.8. The van der Waals surface area contributed by atoms with E-state index in [0.717, 1.165) is 73.4 Å². The lowest BCUT2D eigenvalue weighted by Gasteiger charge is -2.20. The average Bonchev–Trinajstić information content (AvgIpc) is 3.51. The summed E-state index contributed by atoms with van der Waals surface area (Å²) in [6, 6.07) is 16.4. The number of allylic oxidation sites excluding steroid dienone is 1. The summed E-state index contributed by atoms with van der Waals surface area (Å²) < 4.78 is 0. The number of aromatic nitrogens is 6. The predicted octanol–water partition coefficient (Wildman–Crippen LogP) is 7.59. The molecular formula is C31H29N7. The monoisotopic (exact) mass is 499 g/mol. The number of H-pyrrole nitrogens is 2. The van der Waals surface area contributed by atoms with Crippen LogP contribution in [0, 0.1) is 5.41 Å². The highest BCUT2D eigenvalue weighted by atomic mass is 15.1. The predicted molar refractivity (Wildman–Crippen MR) is 154 cm³/mol. The van der Waals surface area contributed by atoms with Crippen LogP contribution in [0.3, 0.4) is 0 Å². The zero-order valence-electron chi connectivity index (χ0n) is 21.7. The van der Waals surface area contributed by atoms with E-state index in [1.54, 1.807) is 6.20 Å². The molecule has 0 atom stereocenters. The fourth-order valence-electron chi connectivity index (χ4n) is 4.86. The van der Waals surface area contributed by atoms with Gasteiger partial charge in [-0.1, -0.05) is 39.5 Å². The van der Waals surface area contributed by atoms with Crippen molar-refractivity contribution in [2.24, 2.45) is 5.41 Å².